The van der Waals surface area contributed by atoms with Gasteiger partial charge in [0.25, 0.3) is 0 Å². The van der Waals surface area contributed by atoms with Crippen LogP contribution in [0.15, 0.2) is 24.3 Å². The maximum absolute atomic E-state index is 12.9. The van der Waals surface area contributed by atoms with Crippen molar-refractivity contribution in [1.82, 2.24) is 9.21 Å². The van der Waals surface area contributed by atoms with E-state index in [2.05, 4.69) is 0 Å². The molecule has 22 heavy (non-hydrogen) atoms. The maximum atomic E-state index is 12.9. The van der Waals surface area contributed by atoms with Crippen molar-refractivity contribution in [2.45, 2.75) is 18.0 Å². The minimum Gasteiger partial charge on any atom is -0.293 e. The Morgan fingerprint density at radius 3 is 2.32 bits per heavy atom. The molecule has 0 amide bonds. The van der Waals surface area contributed by atoms with E-state index in [4.69, 9.17) is 0 Å². The SMILES string of the molecule is CN1CCN(S(=O)(=O)Cc2ccc(F)cc2)CC1C(F)(F)F. The molecule has 1 aromatic rings. The summed E-state index contributed by atoms with van der Waals surface area (Å²) < 4.78 is 77.0. The molecule has 0 radical (unpaired) electrons. The Balaban J connectivity index is 2.14. The molecule has 9 heteroatoms. The normalized spacial score (nSPS) is 22.0. The van der Waals surface area contributed by atoms with E-state index in [0.29, 0.717) is 5.56 Å². The fourth-order valence-electron chi connectivity index (χ4n) is 2.34. The Kier molecular flexibility index (Phi) is 4.78. The molecule has 0 saturated carbocycles. The Labute approximate surface area is 126 Å². The quantitative estimate of drug-likeness (QED) is 0.789. The van der Waals surface area contributed by atoms with Gasteiger partial charge in [-0.2, -0.15) is 17.5 Å². The van der Waals surface area contributed by atoms with Crippen molar-refractivity contribution < 1.29 is 26.0 Å². The molecule has 4 nitrogen and oxygen atoms in total. The van der Waals surface area contributed by atoms with Gasteiger partial charge >= 0.3 is 6.18 Å². The first-order valence-corrected chi connectivity index (χ1v) is 8.20. The first kappa shape index (κ1) is 17.2. The summed E-state index contributed by atoms with van der Waals surface area (Å²) in [4.78, 5) is 1.10. The summed E-state index contributed by atoms with van der Waals surface area (Å²) in [6, 6.07) is 3.04. The Hall–Kier alpha value is -1.19. The highest BCUT2D eigenvalue weighted by Gasteiger charge is 2.47. The minimum absolute atomic E-state index is 0.00656. The van der Waals surface area contributed by atoms with Crippen molar-refractivity contribution in [1.29, 1.82) is 0 Å². The molecule has 1 heterocycles. The number of rotatable bonds is 3. The maximum Gasteiger partial charge on any atom is 0.405 e. The summed E-state index contributed by atoms with van der Waals surface area (Å²) in [5.74, 6) is -0.945. The van der Waals surface area contributed by atoms with E-state index in [0.717, 1.165) is 21.3 Å². The molecule has 0 aromatic heterocycles. The molecule has 2 rings (SSSR count). The first-order valence-electron chi connectivity index (χ1n) is 6.59. The van der Waals surface area contributed by atoms with E-state index in [1.165, 1.54) is 19.2 Å². The number of benzene rings is 1. The van der Waals surface area contributed by atoms with Crippen LogP contribution in [0.4, 0.5) is 17.6 Å². The number of alkyl halides is 3. The van der Waals surface area contributed by atoms with E-state index in [9.17, 15) is 26.0 Å². The summed E-state index contributed by atoms with van der Waals surface area (Å²) in [6.07, 6.45) is -4.49. The molecule has 0 N–H and O–H groups in total. The summed E-state index contributed by atoms with van der Waals surface area (Å²) in [7, 11) is -2.56. The molecule has 1 unspecified atom stereocenters. The van der Waals surface area contributed by atoms with Gasteiger partial charge in [-0.25, -0.2) is 12.8 Å². The zero-order valence-electron chi connectivity index (χ0n) is 11.8. The lowest BCUT2D eigenvalue weighted by Gasteiger charge is -2.39. The number of hydrogen-bond donors (Lipinski definition) is 0. The molecule has 124 valence electrons. The summed E-state index contributed by atoms with van der Waals surface area (Å²) in [6.45, 7) is -0.608. The van der Waals surface area contributed by atoms with Crippen LogP contribution in [0.25, 0.3) is 0 Å². The van der Waals surface area contributed by atoms with Crippen LogP contribution in [0.3, 0.4) is 0 Å². The van der Waals surface area contributed by atoms with Gasteiger partial charge in [0.1, 0.15) is 11.9 Å². The lowest BCUT2D eigenvalue weighted by Crippen LogP contribution is -2.58. The highest BCUT2D eigenvalue weighted by atomic mass is 32.2. The molecule has 1 aromatic carbocycles. The molecule has 1 aliphatic heterocycles. The smallest absolute Gasteiger partial charge is 0.293 e. The topological polar surface area (TPSA) is 40.6 Å². The lowest BCUT2D eigenvalue weighted by atomic mass is 10.2. The second-order valence-electron chi connectivity index (χ2n) is 5.28. The lowest BCUT2D eigenvalue weighted by molar-refractivity contribution is -0.188. The number of sulfonamides is 1. The van der Waals surface area contributed by atoms with Crippen LogP contribution >= 0.6 is 0 Å². The average molecular weight is 340 g/mol. The Morgan fingerprint density at radius 1 is 1.18 bits per heavy atom. The fraction of sp³-hybridized carbons (Fsp3) is 0.538. The zero-order chi connectivity index (χ0) is 16.5. The van der Waals surface area contributed by atoms with E-state index in [1.54, 1.807) is 0 Å². The average Bonchev–Trinajstić information content (AvgIpc) is 2.40. The van der Waals surface area contributed by atoms with Gasteiger partial charge in [0.15, 0.2) is 0 Å². The Morgan fingerprint density at radius 2 is 1.77 bits per heavy atom. The van der Waals surface area contributed by atoms with E-state index < -0.39 is 40.4 Å². The number of piperazine rings is 1. The van der Waals surface area contributed by atoms with E-state index >= 15 is 0 Å². The van der Waals surface area contributed by atoms with Gasteiger partial charge in [0, 0.05) is 19.6 Å². The second-order valence-corrected chi connectivity index (χ2v) is 7.25. The number of hydrogen-bond acceptors (Lipinski definition) is 3. The van der Waals surface area contributed by atoms with E-state index in [1.807, 2.05) is 0 Å². The van der Waals surface area contributed by atoms with Crippen LogP contribution in [0.1, 0.15) is 5.56 Å². The fourth-order valence-corrected chi connectivity index (χ4v) is 3.86. The van der Waals surface area contributed by atoms with Crippen molar-refractivity contribution in [3.8, 4) is 0 Å². The molecular formula is C13H16F4N2O2S. The summed E-state index contributed by atoms with van der Waals surface area (Å²) in [5.41, 5.74) is 0.337. The van der Waals surface area contributed by atoms with Crippen LogP contribution in [0.5, 0.6) is 0 Å². The minimum atomic E-state index is -4.49. The molecule has 0 bridgehead atoms. The highest BCUT2D eigenvalue weighted by molar-refractivity contribution is 7.88. The Bertz CT molecular complexity index is 616. The number of likely N-dealkylation sites (N-methyl/N-ethyl adjacent to an activating group) is 1. The molecule has 1 atom stereocenters. The molecular weight excluding hydrogens is 324 g/mol. The van der Waals surface area contributed by atoms with Crippen molar-refractivity contribution in [3.63, 3.8) is 0 Å². The van der Waals surface area contributed by atoms with Gasteiger partial charge in [-0.05, 0) is 24.7 Å². The van der Waals surface area contributed by atoms with Gasteiger partial charge < -0.3 is 0 Å². The van der Waals surface area contributed by atoms with Crippen LogP contribution in [0.2, 0.25) is 0 Å². The van der Waals surface area contributed by atoms with Gasteiger partial charge in [0.05, 0.1) is 5.75 Å². The van der Waals surface area contributed by atoms with Crippen LogP contribution in [-0.4, -0.2) is 56.5 Å². The van der Waals surface area contributed by atoms with Gasteiger partial charge in [-0.15, -0.1) is 0 Å². The zero-order valence-corrected chi connectivity index (χ0v) is 12.7. The third-order valence-corrected chi connectivity index (χ3v) is 5.46. The third kappa shape index (κ3) is 3.96. The summed E-state index contributed by atoms with van der Waals surface area (Å²) >= 11 is 0. The van der Waals surface area contributed by atoms with Crippen LogP contribution in [0, 0.1) is 5.82 Å². The molecule has 1 aliphatic rings. The standard InChI is InChI=1S/C13H16F4N2O2S/c1-18-6-7-19(8-12(18)13(15,16)17)22(20,21)9-10-2-4-11(14)5-3-10/h2-5,12H,6-9H2,1H3. The predicted octanol–water partition coefficient (Wildman–Crippen LogP) is 1.83. The second kappa shape index (κ2) is 6.13. The molecule has 1 fully saturated rings. The largest absolute Gasteiger partial charge is 0.405 e. The summed E-state index contributed by atoms with van der Waals surface area (Å²) in [5, 5.41) is 0. The molecule has 1 saturated heterocycles. The van der Waals surface area contributed by atoms with Crippen molar-refractivity contribution in [3.05, 3.63) is 35.6 Å². The van der Waals surface area contributed by atoms with Crippen molar-refractivity contribution in [2.75, 3.05) is 26.7 Å². The van der Waals surface area contributed by atoms with Gasteiger partial charge in [-0.1, -0.05) is 12.1 Å². The number of halogens is 4. The molecule has 0 spiro atoms. The predicted molar refractivity (Wildman–Crippen MR) is 73.1 cm³/mol. The van der Waals surface area contributed by atoms with Crippen molar-refractivity contribution in [2.24, 2.45) is 0 Å². The third-order valence-electron chi connectivity index (χ3n) is 3.64. The van der Waals surface area contributed by atoms with Gasteiger partial charge in [0.2, 0.25) is 10.0 Å². The number of nitrogens with zero attached hydrogens (tertiary/aromatic N) is 2. The van der Waals surface area contributed by atoms with Crippen LogP contribution < -0.4 is 0 Å². The van der Waals surface area contributed by atoms with Crippen molar-refractivity contribution >= 4 is 10.0 Å². The van der Waals surface area contributed by atoms with Gasteiger partial charge in [-0.3, -0.25) is 4.90 Å². The first-order chi connectivity index (χ1) is 10.1. The van der Waals surface area contributed by atoms with Crippen LogP contribution in [-0.2, 0) is 15.8 Å². The highest BCUT2D eigenvalue weighted by Crippen LogP contribution is 2.28. The molecule has 0 aliphatic carbocycles. The van der Waals surface area contributed by atoms with E-state index in [-0.39, 0.29) is 13.1 Å². The monoisotopic (exact) mass is 340 g/mol.